The van der Waals surface area contributed by atoms with Gasteiger partial charge >= 0.3 is 0 Å². The SMILES string of the molecule is Cn1cnc([C@@H]2C[C@@]3(CCCN(CC4CC4)C3=O)CN2C(=O)Cc2cccc(F)c2)c1. The molecule has 6 nitrogen and oxygen atoms in total. The molecule has 1 aromatic heterocycles. The van der Waals surface area contributed by atoms with Crippen LogP contribution in [-0.2, 0) is 23.1 Å². The Bertz CT molecular complexity index is 1000. The van der Waals surface area contributed by atoms with E-state index < -0.39 is 5.41 Å². The highest BCUT2D eigenvalue weighted by molar-refractivity contribution is 5.87. The van der Waals surface area contributed by atoms with Crippen molar-refractivity contribution >= 4 is 11.8 Å². The molecule has 164 valence electrons. The van der Waals surface area contributed by atoms with Gasteiger partial charge in [0.05, 0.1) is 29.9 Å². The maximum atomic E-state index is 13.6. The average molecular weight is 425 g/mol. The number of rotatable bonds is 5. The fourth-order valence-electron chi connectivity index (χ4n) is 5.31. The molecule has 1 saturated carbocycles. The van der Waals surface area contributed by atoms with Crippen LogP contribution >= 0.6 is 0 Å². The standard InChI is InChI=1S/C24H29FN4O2/c1-27-14-20(26-16-27)21-12-24(8-3-9-28(23(24)31)13-17-6-7-17)15-29(21)22(30)11-18-4-2-5-19(25)10-18/h2,4-5,10,14,16-17,21H,3,6-9,11-13,15H2,1H3/t21-,24-/m0/s1. The van der Waals surface area contributed by atoms with Gasteiger partial charge in [-0.2, -0.15) is 0 Å². The summed E-state index contributed by atoms with van der Waals surface area (Å²) in [6.07, 6.45) is 8.60. The molecule has 2 saturated heterocycles. The molecule has 3 aliphatic rings. The van der Waals surface area contributed by atoms with Crippen LogP contribution in [0, 0.1) is 17.2 Å². The highest BCUT2D eigenvalue weighted by Gasteiger charge is 2.54. The van der Waals surface area contributed by atoms with E-state index in [4.69, 9.17) is 0 Å². The van der Waals surface area contributed by atoms with Gasteiger partial charge in [-0.25, -0.2) is 9.37 Å². The Morgan fingerprint density at radius 3 is 2.87 bits per heavy atom. The monoisotopic (exact) mass is 424 g/mol. The molecular weight excluding hydrogens is 395 g/mol. The second-order valence-electron chi connectivity index (χ2n) is 9.59. The number of aromatic nitrogens is 2. The lowest BCUT2D eigenvalue weighted by Gasteiger charge is -2.39. The lowest BCUT2D eigenvalue weighted by atomic mass is 9.76. The zero-order valence-electron chi connectivity index (χ0n) is 18.0. The van der Waals surface area contributed by atoms with Crippen molar-refractivity contribution in [3.05, 3.63) is 53.9 Å². The molecule has 31 heavy (non-hydrogen) atoms. The van der Waals surface area contributed by atoms with Crippen molar-refractivity contribution in [1.29, 1.82) is 0 Å². The number of hydrogen-bond donors (Lipinski definition) is 0. The largest absolute Gasteiger partial charge is 0.342 e. The van der Waals surface area contributed by atoms with Crippen LogP contribution in [0.2, 0.25) is 0 Å². The van der Waals surface area contributed by atoms with Crippen LogP contribution in [0.1, 0.15) is 49.4 Å². The number of carbonyl (C=O) groups is 2. The lowest BCUT2D eigenvalue weighted by molar-refractivity contribution is -0.146. The van der Waals surface area contributed by atoms with Crippen LogP contribution in [0.4, 0.5) is 4.39 Å². The molecular formula is C24H29FN4O2. The molecule has 7 heteroatoms. The number of amides is 2. The molecule has 0 bridgehead atoms. The minimum atomic E-state index is -0.535. The lowest BCUT2D eigenvalue weighted by Crippen LogP contribution is -2.51. The van der Waals surface area contributed by atoms with Gasteiger partial charge in [0, 0.05) is 32.9 Å². The van der Waals surface area contributed by atoms with Crippen molar-refractivity contribution in [2.24, 2.45) is 18.4 Å². The number of aryl methyl sites for hydroxylation is 1. The van der Waals surface area contributed by atoms with E-state index in [0.29, 0.717) is 24.4 Å². The molecule has 2 atom stereocenters. The van der Waals surface area contributed by atoms with Crippen LogP contribution in [0.3, 0.4) is 0 Å². The van der Waals surface area contributed by atoms with Crippen LogP contribution in [0.25, 0.3) is 0 Å². The van der Waals surface area contributed by atoms with Gasteiger partial charge in [0.2, 0.25) is 11.8 Å². The van der Waals surface area contributed by atoms with E-state index in [1.165, 1.54) is 25.0 Å². The number of halogens is 1. The molecule has 0 N–H and O–H groups in total. The van der Waals surface area contributed by atoms with E-state index in [-0.39, 0.29) is 30.1 Å². The minimum Gasteiger partial charge on any atom is -0.342 e. The Kier molecular flexibility index (Phi) is 5.07. The first kappa shape index (κ1) is 20.2. The van der Waals surface area contributed by atoms with Crippen LogP contribution in [0.15, 0.2) is 36.8 Å². The zero-order valence-corrected chi connectivity index (χ0v) is 18.0. The van der Waals surface area contributed by atoms with E-state index in [2.05, 4.69) is 4.98 Å². The Morgan fingerprint density at radius 1 is 1.32 bits per heavy atom. The van der Waals surface area contributed by atoms with Crippen molar-refractivity contribution in [2.45, 2.75) is 44.6 Å². The molecule has 0 radical (unpaired) electrons. The topological polar surface area (TPSA) is 58.4 Å². The summed E-state index contributed by atoms with van der Waals surface area (Å²) in [5, 5.41) is 0. The minimum absolute atomic E-state index is 0.0785. The smallest absolute Gasteiger partial charge is 0.230 e. The summed E-state index contributed by atoms with van der Waals surface area (Å²) in [5.74, 6) is 0.429. The number of benzene rings is 1. The van der Waals surface area contributed by atoms with Crippen molar-refractivity contribution in [2.75, 3.05) is 19.6 Å². The molecule has 2 amide bonds. The number of imidazole rings is 1. The van der Waals surface area contributed by atoms with E-state index in [1.807, 2.05) is 27.6 Å². The highest BCUT2D eigenvalue weighted by atomic mass is 19.1. The van der Waals surface area contributed by atoms with Gasteiger partial charge in [-0.15, -0.1) is 0 Å². The van der Waals surface area contributed by atoms with Gasteiger partial charge in [-0.3, -0.25) is 9.59 Å². The quantitative estimate of drug-likeness (QED) is 0.741. The third-order valence-electron chi connectivity index (χ3n) is 7.06. The summed E-state index contributed by atoms with van der Waals surface area (Å²) in [4.78, 5) is 35.3. The Balaban J connectivity index is 1.42. The van der Waals surface area contributed by atoms with E-state index in [0.717, 1.165) is 31.6 Å². The molecule has 3 fully saturated rings. The third kappa shape index (κ3) is 3.98. The Labute approximate surface area is 182 Å². The first-order valence-corrected chi connectivity index (χ1v) is 11.2. The van der Waals surface area contributed by atoms with Gasteiger partial charge in [-0.1, -0.05) is 12.1 Å². The van der Waals surface area contributed by atoms with Crippen LogP contribution < -0.4 is 0 Å². The summed E-state index contributed by atoms with van der Waals surface area (Å²) in [6, 6.07) is 5.95. The molecule has 1 aliphatic carbocycles. The summed E-state index contributed by atoms with van der Waals surface area (Å²) in [5.41, 5.74) is 0.933. The summed E-state index contributed by atoms with van der Waals surface area (Å²) >= 11 is 0. The van der Waals surface area contributed by atoms with E-state index in [9.17, 15) is 14.0 Å². The van der Waals surface area contributed by atoms with Gasteiger partial charge < -0.3 is 14.4 Å². The predicted octanol–water partition coefficient (Wildman–Crippen LogP) is 3.09. The van der Waals surface area contributed by atoms with Crippen molar-refractivity contribution < 1.29 is 14.0 Å². The van der Waals surface area contributed by atoms with Crippen LogP contribution in [0.5, 0.6) is 0 Å². The predicted molar refractivity (Wildman–Crippen MR) is 113 cm³/mol. The molecule has 0 unspecified atom stereocenters. The van der Waals surface area contributed by atoms with E-state index >= 15 is 0 Å². The number of carbonyl (C=O) groups excluding carboxylic acids is 2. The number of likely N-dealkylation sites (tertiary alicyclic amines) is 2. The second kappa shape index (κ2) is 7.77. The van der Waals surface area contributed by atoms with Gasteiger partial charge in [-0.05, 0) is 55.7 Å². The molecule has 3 heterocycles. The zero-order chi connectivity index (χ0) is 21.6. The van der Waals surface area contributed by atoms with Gasteiger partial charge in [0.25, 0.3) is 0 Å². The second-order valence-corrected chi connectivity index (χ2v) is 9.59. The maximum Gasteiger partial charge on any atom is 0.230 e. The Morgan fingerprint density at radius 2 is 2.16 bits per heavy atom. The normalized spacial score (nSPS) is 26.1. The fraction of sp³-hybridized carbons (Fsp3) is 0.542. The van der Waals surface area contributed by atoms with Crippen molar-refractivity contribution in [3.8, 4) is 0 Å². The average Bonchev–Trinajstić information content (AvgIpc) is 3.31. The molecule has 5 rings (SSSR count). The van der Waals surface area contributed by atoms with Crippen molar-refractivity contribution in [3.63, 3.8) is 0 Å². The van der Waals surface area contributed by atoms with E-state index in [1.54, 1.807) is 18.5 Å². The summed E-state index contributed by atoms with van der Waals surface area (Å²) in [7, 11) is 1.91. The fourth-order valence-corrected chi connectivity index (χ4v) is 5.31. The molecule has 2 aliphatic heterocycles. The number of hydrogen-bond acceptors (Lipinski definition) is 3. The summed E-state index contributed by atoms with van der Waals surface area (Å²) in [6.45, 7) is 2.09. The number of nitrogens with zero attached hydrogens (tertiary/aromatic N) is 4. The third-order valence-corrected chi connectivity index (χ3v) is 7.06. The van der Waals surface area contributed by atoms with Gasteiger partial charge in [0.15, 0.2) is 0 Å². The van der Waals surface area contributed by atoms with Crippen molar-refractivity contribution in [1.82, 2.24) is 19.4 Å². The molecule has 1 spiro atoms. The molecule has 2 aromatic rings. The summed E-state index contributed by atoms with van der Waals surface area (Å²) < 4.78 is 15.5. The number of piperidine rings is 1. The maximum absolute atomic E-state index is 13.6. The highest BCUT2D eigenvalue weighted by Crippen LogP contribution is 2.49. The molecule has 1 aromatic carbocycles. The Hall–Kier alpha value is -2.70. The van der Waals surface area contributed by atoms with Crippen LogP contribution in [-0.4, -0.2) is 50.8 Å². The first-order valence-electron chi connectivity index (χ1n) is 11.2. The van der Waals surface area contributed by atoms with Gasteiger partial charge in [0.1, 0.15) is 5.82 Å². The first-order chi connectivity index (χ1) is 14.9.